The fraction of sp³-hybridized carbons (Fsp3) is 0.206. The van der Waals surface area contributed by atoms with E-state index in [9.17, 15) is 14.4 Å². The van der Waals surface area contributed by atoms with E-state index in [0.717, 1.165) is 16.7 Å². The zero-order chi connectivity index (χ0) is 29.8. The summed E-state index contributed by atoms with van der Waals surface area (Å²) in [7, 11) is 0. The van der Waals surface area contributed by atoms with Crippen LogP contribution < -0.4 is 9.47 Å². The lowest BCUT2D eigenvalue weighted by Gasteiger charge is -2.18. The summed E-state index contributed by atoms with van der Waals surface area (Å²) in [5.74, 6) is -1.54. The molecule has 0 saturated carbocycles. The summed E-state index contributed by atoms with van der Waals surface area (Å²) in [6.45, 7) is 15.6. The second-order valence-corrected chi connectivity index (χ2v) is 10.2. The first-order valence-corrected chi connectivity index (χ1v) is 13.1. The number of carbonyl (C=O) groups is 3. The summed E-state index contributed by atoms with van der Waals surface area (Å²) in [5.41, 5.74) is 4.85. The van der Waals surface area contributed by atoms with E-state index in [2.05, 4.69) is 19.7 Å². The van der Waals surface area contributed by atoms with Crippen LogP contribution in [-0.4, -0.2) is 24.5 Å². The van der Waals surface area contributed by atoms with Crippen LogP contribution in [0.4, 0.5) is 4.39 Å². The number of hydrogen-bond donors (Lipinski definition) is 0. The molecule has 0 aromatic heterocycles. The predicted molar refractivity (Wildman–Crippen MR) is 155 cm³/mol. The second-order valence-electron chi connectivity index (χ2n) is 10.2. The van der Waals surface area contributed by atoms with Crippen LogP contribution in [0.2, 0.25) is 0 Å². The van der Waals surface area contributed by atoms with E-state index in [4.69, 9.17) is 14.2 Å². The number of halogens is 1. The summed E-state index contributed by atoms with van der Waals surface area (Å²) in [6, 6.07) is 15.1. The molecule has 0 bridgehead atoms. The summed E-state index contributed by atoms with van der Waals surface area (Å²) in [4.78, 5) is 36.2. The van der Waals surface area contributed by atoms with Crippen LogP contribution in [-0.2, 0) is 25.5 Å². The molecule has 6 nitrogen and oxygen atoms in total. The molecule has 1 aliphatic carbocycles. The molecule has 0 spiro atoms. The highest BCUT2D eigenvalue weighted by Gasteiger charge is 2.31. The molecule has 1 aliphatic rings. The number of hydrogen-bond acceptors (Lipinski definition) is 6. The maximum absolute atomic E-state index is 15.6. The molecule has 0 heterocycles. The minimum atomic E-state index is -0.569. The zero-order valence-corrected chi connectivity index (χ0v) is 23.3. The third kappa shape index (κ3) is 6.52. The number of fused-ring (bicyclic) bond motifs is 1. The van der Waals surface area contributed by atoms with Crippen molar-refractivity contribution in [2.24, 2.45) is 0 Å². The Labute approximate surface area is 238 Å². The first kappa shape index (κ1) is 29.2. The standard InChI is InChI=1S/C34H31FO6/c1-19(2)32(36)39-18-24-10-14-28-26(15-16-30(31(24)28)41-34(38)21(5)6)27-13-9-23(17-29(27)35)22-7-11-25(12-8-22)40-33(37)20(3)4/h7-9,11-13,15-17,24H,1,3,5,10,14,18H2,2,4,6H3. The number of rotatable bonds is 9. The van der Waals surface area contributed by atoms with Gasteiger partial charge in [-0.2, -0.15) is 0 Å². The summed E-state index contributed by atoms with van der Waals surface area (Å²) in [6.07, 6.45) is 1.22. The first-order chi connectivity index (χ1) is 19.5. The minimum Gasteiger partial charge on any atom is -0.462 e. The average molecular weight is 555 g/mol. The van der Waals surface area contributed by atoms with Crippen molar-refractivity contribution < 1.29 is 33.0 Å². The van der Waals surface area contributed by atoms with Crippen LogP contribution in [0.1, 0.15) is 44.2 Å². The minimum absolute atomic E-state index is 0.0822. The normalized spacial score (nSPS) is 13.6. The Hall–Kier alpha value is -4.78. The van der Waals surface area contributed by atoms with Crippen molar-refractivity contribution in [3.63, 3.8) is 0 Å². The van der Waals surface area contributed by atoms with Crippen molar-refractivity contribution in [1.29, 1.82) is 0 Å². The second kappa shape index (κ2) is 12.2. The third-order valence-electron chi connectivity index (χ3n) is 6.79. The van der Waals surface area contributed by atoms with Gasteiger partial charge in [-0.1, -0.05) is 50.1 Å². The van der Waals surface area contributed by atoms with Gasteiger partial charge >= 0.3 is 17.9 Å². The van der Waals surface area contributed by atoms with E-state index >= 15 is 4.39 Å². The number of carbonyl (C=O) groups excluding carboxylic acids is 3. The highest BCUT2D eigenvalue weighted by molar-refractivity contribution is 5.90. The topological polar surface area (TPSA) is 78.9 Å². The fourth-order valence-corrected chi connectivity index (χ4v) is 4.64. The Balaban J connectivity index is 1.66. The average Bonchev–Trinajstić information content (AvgIpc) is 3.36. The molecule has 0 amide bonds. The first-order valence-electron chi connectivity index (χ1n) is 13.1. The Kier molecular flexibility index (Phi) is 8.67. The molecule has 0 N–H and O–H groups in total. The molecule has 0 fully saturated rings. The molecule has 1 atom stereocenters. The quantitative estimate of drug-likeness (QED) is 0.157. The highest BCUT2D eigenvalue weighted by Crippen LogP contribution is 2.45. The maximum atomic E-state index is 15.6. The predicted octanol–water partition coefficient (Wildman–Crippen LogP) is 7.27. The molecule has 4 rings (SSSR count). The Morgan fingerprint density at radius 2 is 1.37 bits per heavy atom. The molecular formula is C34H31FO6. The van der Waals surface area contributed by atoms with Gasteiger partial charge < -0.3 is 14.2 Å². The van der Waals surface area contributed by atoms with E-state index in [-0.39, 0.29) is 23.7 Å². The number of esters is 3. The molecule has 1 unspecified atom stereocenters. The smallest absolute Gasteiger partial charge is 0.338 e. The maximum Gasteiger partial charge on any atom is 0.338 e. The van der Waals surface area contributed by atoms with Crippen LogP contribution in [0.25, 0.3) is 22.3 Å². The van der Waals surface area contributed by atoms with Gasteiger partial charge in [-0.25, -0.2) is 18.8 Å². The van der Waals surface area contributed by atoms with Crippen molar-refractivity contribution in [3.8, 4) is 33.8 Å². The van der Waals surface area contributed by atoms with E-state index in [1.165, 1.54) is 6.07 Å². The van der Waals surface area contributed by atoms with Crippen molar-refractivity contribution in [1.82, 2.24) is 0 Å². The van der Waals surface area contributed by atoms with Gasteiger partial charge in [0.1, 0.15) is 17.3 Å². The lowest BCUT2D eigenvalue weighted by atomic mass is 9.92. The van der Waals surface area contributed by atoms with Crippen molar-refractivity contribution >= 4 is 17.9 Å². The van der Waals surface area contributed by atoms with Gasteiger partial charge in [0.2, 0.25) is 0 Å². The molecule has 0 aliphatic heterocycles. The molecule has 3 aromatic rings. The fourth-order valence-electron chi connectivity index (χ4n) is 4.64. The van der Waals surface area contributed by atoms with Crippen molar-refractivity contribution in [2.45, 2.75) is 39.5 Å². The summed E-state index contributed by atoms with van der Waals surface area (Å²) in [5, 5.41) is 0. The lowest BCUT2D eigenvalue weighted by molar-refractivity contribution is -0.139. The van der Waals surface area contributed by atoms with Gasteiger partial charge in [0.25, 0.3) is 0 Å². The summed E-state index contributed by atoms with van der Waals surface area (Å²) >= 11 is 0. The van der Waals surface area contributed by atoms with Crippen LogP contribution in [0.5, 0.6) is 11.5 Å². The molecular weight excluding hydrogens is 523 g/mol. The highest BCUT2D eigenvalue weighted by atomic mass is 19.1. The number of ether oxygens (including phenoxy) is 3. The SMILES string of the molecule is C=C(C)C(=O)OCC1CCc2c(-c3ccc(-c4ccc(OC(=O)C(=C)C)cc4)cc3F)ccc(OC(=O)C(=C)C)c21. The Bertz CT molecular complexity index is 1580. The van der Waals surface area contributed by atoms with Crippen molar-refractivity contribution in [2.75, 3.05) is 6.61 Å². The molecule has 7 heteroatoms. The molecule has 3 aromatic carbocycles. The van der Waals surface area contributed by atoms with E-state index in [1.54, 1.807) is 63.2 Å². The zero-order valence-electron chi connectivity index (χ0n) is 23.3. The van der Waals surface area contributed by atoms with Crippen molar-refractivity contribution in [3.05, 3.63) is 108 Å². The Morgan fingerprint density at radius 3 is 1.98 bits per heavy atom. The van der Waals surface area contributed by atoms with Crippen LogP contribution in [0, 0.1) is 5.82 Å². The third-order valence-corrected chi connectivity index (χ3v) is 6.79. The van der Waals surface area contributed by atoms with Crippen LogP contribution >= 0.6 is 0 Å². The van der Waals surface area contributed by atoms with Crippen LogP contribution in [0.15, 0.2) is 91.1 Å². The van der Waals surface area contributed by atoms with E-state index in [1.807, 2.05) is 6.07 Å². The molecule has 0 radical (unpaired) electrons. The van der Waals surface area contributed by atoms with Gasteiger partial charge in [-0.15, -0.1) is 0 Å². The van der Waals surface area contributed by atoms with Gasteiger partial charge in [-0.05, 0) is 80.1 Å². The van der Waals surface area contributed by atoms with Crippen LogP contribution in [0.3, 0.4) is 0 Å². The largest absolute Gasteiger partial charge is 0.462 e. The van der Waals surface area contributed by atoms with Gasteiger partial charge in [0.15, 0.2) is 0 Å². The summed E-state index contributed by atoms with van der Waals surface area (Å²) < 4.78 is 31.9. The molecule has 41 heavy (non-hydrogen) atoms. The molecule has 0 saturated heterocycles. The van der Waals surface area contributed by atoms with Gasteiger partial charge in [0.05, 0.1) is 6.61 Å². The lowest BCUT2D eigenvalue weighted by Crippen LogP contribution is -2.14. The number of benzene rings is 3. The van der Waals surface area contributed by atoms with Gasteiger partial charge in [0, 0.05) is 33.8 Å². The molecule has 210 valence electrons. The van der Waals surface area contributed by atoms with Gasteiger partial charge in [-0.3, -0.25) is 0 Å². The van der Waals surface area contributed by atoms with E-state index in [0.29, 0.717) is 46.6 Å². The van der Waals surface area contributed by atoms with E-state index < -0.39 is 23.7 Å². The Morgan fingerprint density at radius 1 is 0.780 bits per heavy atom. The monoisotopic (exact) mass is 554 g/mol.